The monoisotopic (exact) mass is 446 g/mol. The number of nitrogens with zero attached hydrogens (tertiary/aromatic N) is 4. The molecule has 0 fully saturated rings. The molecule has 8 heteroatoms. The molecule has 3 aromatic carbocycles. The number of hydrogen-bond acceptors (Lipinski definition) is 6. The molecule has 0 spiro atoms. The van der Waals surface area contributed by atoms with Gasteiger partial charge >= 0.3 is 5.91 Å². The van der Waals surface area contributed by atoms with Crippen molar-refractivity contribution in [3.05, 3.63) is 88.7 Å². The molecule has 1 amide bonds. The molecule has 0 N–H and O–H groups in total. The first-order valence-corrected chi connectivity index (χ1v) is 11.1. The molecule has 0 unspecified atom stereocenters. The van der Waals surface area contributed by atoms with Gasteiger partial charge in [-0.15, -0.1) is 11.3 Å². The van der Waals surface area contributed by atoms with Crippen LogP contribution in [-0.4, -0.2) is 22.1 Å². The summed E-state index contributed by atoms with van der Waals surface area (Å²) in [5, 5.41) is 6.45. The highest BCUT2D eigenvalue weighted by molar-refractivity contribution is 7.22. The summed E-state index contributed by atoms with van der Waals surface area (Å²) in [6, 6.07) is 19.4. The molecule has 0 bridgehead atoms. The summed E-state index contributed by atoms with van der Waals surface area (Å²) >= 11 is 2.70. The van der Waals surface area contributed by atoms with Gasteiger partial charge in [-0.1, -0.05) is 41.7 Å². The van der Waals surface area contributed by atoms with Gasteiger partial charge < -0.3 is 0 Å². The third-order valence-corrected chi connectivity index (χ3v) is 6.59. The highest BCUT2D eigenvalue weighted by Crippen LogP contribution is 2.32. The third kappa shape index (κ3) is 3.95. The van der Waals surface area contributed by atoms with Gasteiger partial charge in [0, 0.05) is 0 Å². The maximum absolute atomic E-state index is 13.4. The Bertz CT molecular complexity index is 1410. The van der Waals surface area contributed by atoms with Gasteiger partial charge in [0.15, 0.2) is 5.01 Å². The zero-order valence-electron chi connectivity index (χ0n) is 16.3. The molecule has 0 aliphatic rings. The second-order valence-electron chi connectivity index (χ2n) is 6.87. The molecule has 0 radical (unpaired) electrons. The lowest BCUT2D eigenvalue weighted by atomic mass is 10.2. The number of hydrazone groups is 1. The van der Waals surface area contributed by atoms with E-state index in [1.54, 1.807) is 12.1 Å². The van der Waals surface area contributed by atoms with Crippen molar-refractivity contribution >= 4 is 60.4 Å². The normalized spacial score (nSPS) is 11.5. The van der Waals surface area contributed by atoms with Gasteiger partial charge in [0.1, 0.15) is 5.82 Å². The van der Waals surface area contributed by atoms with Crippen molar-refractivity contribution in [3.63, 3.8) is 0 Å². The number of fused-ring (bicyclic) bond motifs is 2. The van der Waals surface area contributed by atoms with Crippen LogP contribution in [0.15, 0.2) is 71.8 Å². The summed E-state index contributed by atoms with van der Waals surface area (Å²) in [5.74, 6) is -0.698. The molecule has 5 rings (SSSR count). The molecule has 5 aromatic rings. The maximum Gasteiger partial charge on any atom is 0.309 e. The first-order chi connectivity index (χ1) is 15.1. The van der Waals surface area contributed by atoms with Gasteiger partial charge in [-0.3, -0.25) is 4.79 Å². The number of anilines is 1. The van der Waals surface area contributed by atoms with Gasteiger partial charge in [-0.2, -0.15) is 10.1 Å². The van der Waals surface area contributed by atoms with E-state index in [9.17, 15) is 9.18 Å². The van der Waals surface area contributed by atoms with Crippen LogP contribution < -0.4 is 5.01 Å². The van der Waals surface area contributed by atoms with Crippen molar-refractivity contribution in [2.75, 3.05) is 5.01 Å². The fourth-order valence-electron chi connectivity index (χ4n) is 3.03. The zero-order chi connectivity index (χ0) is 21.4. The van der Waals surface area contributed by atoms with Crippen LogP contribution in [0.5, 0.6) is 0 Å². The molecule has 0 atom stereocenters. The number of aryl methyl sites for hydroxylation is 1. The number of rotatable bonds is 4. The minimum Gasteiger partial charge on any atom is -0.264 e. The van der Waals surface area contributed by atoms with E-state index in [-0.39, 0.29) is 11.7 Å². The first-order valence-electron chi connectivity index (χ1n) is 9.43. The first kappa shape index (κ1) is 19.5. The molecule has 2 aromatic heterocycles. The quantitative estimate of drug-likeness (QED) is 0.250. The Morgan fingerprint density at radius 3 is 2.55 bits per heavy atom. The van der Waals surface area contributed by atoms with Crippen LogP contribution in [0.3, 0.4) is 0 Å². The van der Waals surface area contributed by atoms with E-state index < -0.39 is 0 Å². The highest BCUT2D eigenvalue weighted by atomic mass is 32.1. The van der Waals surface area contributed by atoms with Crippen molar-refractivity contribution in [1.29, 1.82) is 0 Å². The van der Waals surface area contributed by atoms with Crippen LogP contribution in [0.2, 0.25) is 0 Å². The standard InChI is InChI=1S/C23H15FN4OS2/c1-14-6-11-18-20(12-14)31-23(27-18)28(25-13-15-7-9-16(24)10-8-15)22(29)21-26-17-4-2-3-5-19(17)30-21/h2-13H,1H3/b25-13+. The fraction of sp³-hybridized carbons (Fsp3) is 0.0435. The van der Waals surface area contributed by atoms with Crippen LogP contribution in [0.1, 0.15) is 20.9 Å². The van der Waals surface area contributed by atoms with E-state index in [1.807, 2.05) is 49.4 Å². The number of para-hydroxylation sites is 1. The summed E-state index contributed by atoms with van der Waals surface area (Å²) < 4.78 is 15.1. The lowest BCUT2D eigenvalue weighted by Gasteiger charge is -2.11. The van der Waals surface area contributed by atoms with E-state index >= 15 is 0 Å². The third-order valence-electron chi connectivity index (χ3n) is 4.58. The Hall–Kier alpha value is -3.49. The van der Waals surface area contributed by atoms with Crippen molar-refractivity contribution in [1.82, 2.24) is 9.97 Å². The van der Waals surface area contributed by atoms with E-state index in [1.165, 1.54) is 46.0 Å². The molecule has 5 nitrogen and oxygen atoms in total. The second-order valence-corrected chi connectivity index (χ2v) is 8.91. The molecule has 152 valence electrons. The summed E-state index contributed by atoms with van der Waals surface area (Å²) in [4.78, 5) is 22.5. The molecule has 2 heterocycles. The second kappa shape index (κ2) is 7.98. The molecule has 0 aliphatic carbocycles. The van der Waals surface area contributed by atoms with Gasteiger partial charge in [-0.05, 0) is 54.4 Å². The van der Waals surface area contributed by atoms with Crippen molar-refractivity contribution in [2.45, 2.75) is 6.92 Å². The molecular formula is C23H15FN4OS2. The number of hydrogen-bond donors (Lipinski definition) is 0. The van der Waals surface area contributed by atoms with E-state index in [4.69, 9.17) is 0 Å². The summed E-state index contributed by atoms with van der Waals surface area (Å²) in [6.07, 6.45) is 1.52. The Morgan fingerprint density at radius 1 is 0.968 bits per heavy atom. The smallest absolute Gasteiger partial charge is 0.264 e. The number of carbonyl (C=O) groups is 1. The van der Waals surface area contributed by atoms with Gasteiger partial charge in [0.2, 0.25) is 5.13 Å². The number of aromatic nitrogens is 2. The molecule has 0 saturated heterocycles. The van der Waals surface area contributed by atoms with Crippen molar-refractivity contribution in [3.8, 4) is 0 Å². The lowest BCUT2D eigenvalue weighted by molar-refractivity contribution is 0.0987. The number of benzene rings is 3. The summed E-state index contributed by atoms with van der Waals surface area (Å²) in [5.41, 5.74) is 3.34. The van der Waals surface area contributed by atoms with Crippen LogP contribution in [0, 0.1) is 12.7 Å². The molecular weight excluding hydrogens is 431 g/mol. The summed E-state index contributed by atoms with van der Waals surface area (Å²) in [7, 11) is 0. The Morgan fingerprint density at radius 2 is 1.74 bits per heavy atom. The summed E-state index contributed by atoms with van der Waals surface area (Å²) in [6.45, 7) is 2.01. The van der Waals surface area contributed by atoms with Crippen LogP contribution in [0.4, 0.5) is 9.52 Å². The zero-order valence-corrected chi connectivity index (χ0v) is 18.0. The number of amides is 1. The van der Waals surface area contributed by atoms with Crippen molar-refractivity contribution < 1.29 is 9.18 Å². The Balaban J connectivity index is 1.58. The number of thiazole rings is 2. The SMILES string of the molecule is Cc1ccc2nc(N(/N=C/c3ccc(F)cc3)C(=O)c3nc4ccccc4s3)sc2c1. The van der Waals surface area contributed by atoms with E-state index in [2.05, 4.69) is 15.1 Å². The predicted octanol–water partition coefficient (Wildman–Crippen LogP) is 6.03. The van der Waals surface area contributed by atoms with Crippen molar-refractivity contribution in [2.24, 2.45) is 5.10 Å². The number of carbonyl (C=O) groups excluding carboxylic acids is 1. The highest BCUT2D eigenvalue weighted by Gasteiger charge is 2.24. The van der Waals surface area contributed by atoms with E-state index in [0.29, 0.717) is 15.7 Å². The van der Waals surface area contributed by atoms with Gasteiger partial charge in [-0.25, -0.2) is 14.4 Å². The molecule has 31 heavy (non-hydrogen) atoms. The number of halogens is 1. The average molecular weight is 447 g/mol. The van der Waals surface area contributed by atoms with Crippen LogP contribution in [0.25, 0.3) is 20.4 Å². The predicted molar refractivity (Wildman–Crippen MR) is 125 cm³/mol. The fourth-order valence-corrected chi connectivity index (χ4v) is 4.94. The Kier molecular flexibility index (Phi) is 5.01. The van der Waals surface area contributed by atoms with Crippen LogP contribution in [-0.2, 0) is 0 Å². The maximum atomic E-state index is 13.4. The molecule has 0 saturated carbocycles. The topological polar surface area (TPSA) is 58.5 Å². The van der Waals surface area contributed by atoms with Crippen LogP contribution >= 0.6 is 22.7 Å². The minimum atomic E-state index is -0.365. The molecule has 0 aliphatic heterocycles. The lowest BCUT2D eigenvalue weighted by Crippen LogP contribution is -2.25. The van der Waals surface area contributed by atoms with Gasteiger partial charge in [0.05, 0.1) is 26.6 Å². The Labute approximate surface area is 185 Å². The average Bonchev–Trinajstić information content (AvgIpc) is 3.38. The van der Waals surface area contributed by atoms with Gasteiger partial charge in [0.25, 0.3) is 0 Å². The van der Waals surface area contributed by atoms with E-state index in [0.717, 1.165) is 26.0 Å². The minimum absolute atomic E-state index is 0.327. The largest absolute Gasteiger partial charge is 0.309 e.